The highest BCUT2D eigenvalue weighted by Gasteiger charge is 2.35. The van der Waals surface area contributed by atoms with Gasteiger partial charge in [-0.3, -0.25) is 19.1 Å². The number of fused-ring (bicyclic) bond motifs is 1. The Hall–Kier alpha value is -4.70. The zero-order chi connectivity index (χ0) is 32.9. The number of allylic oxidation sites excluding steroid dienone is 1. The van der Waals surface area contributed by atoms with Gasteiger partial charge < -0.3 is 15.5 Å². The van der Waals surface area contributed by atoms with Crippen LogP contribution in [0.1, 0.15) is 32.4 Å². The Balaban J connectivity index is 1.88. The number of carbonyl (C=O) groups excluding carboxylic acids is 1. The van der Waals surface area contributed by atoms with Gasteiger partial charge in [0.05, 0.1) is 33.7 Å². The number of hydrogen-bond donors (Lipinski definition) is 1. The topological polar surface area (TPSA) is 121 Å². The van der Waals surface area contributed by atoms with Crippen LogP contribution >= 0.6 is 11.6 Å². The first-order chi connectivity index (χ1) is 21.3. The van der Waals surface area contributed by atoms with Crippen molar-refractivity contribution in [2.75, 3.05) is 36.8 Å². The first kappa shape index (κ1) is 31.7. The maximum atomic E-state index is 15.2. The molecule has 1 fully saturated rings. The third-order valence-corrected chi connectivity index (χ3v) is 8.41. The second-order valence-corrected chi connectivity index (χ2v) is 11.5. The molecule has 3 aromatic rings. The number of pyridine rings is 2. The number of nitrogen functional groups attached to an aromatic ring is 1. The van der Waals surface area contributed by atoms with Crippen molar-refractivity contribution in [3.05, 3.63) is 75.2 Å². The molecule has 1 saturated heterocycles. The molecule has 0 bridgehead atoms. The largest absolute Gasteiger partial charge is 0.396 e. The van der Waals surface area contributed by atoms with Crippen molar-refractivity contribution < 1.29 is 22.4 Å². The zero-order valence-corrected chi connectivity index (χ0v) is 25.3. The van der Waals surface area contributed by atoms with Gasteiger partial charge in [0.2, 0.25) is 5.91 Å². The number of nitrogens with two attached hydrogens (primary N) is 1. The van der Waals surface area contributed by atoms with Crippen molar-refractivity contribution in [1.82, 2.24) is 14.5 Å². The molecule has 45 heavy (non-hydrogen) atoms. The van der Waals surface area contributed by atoms with Crippen molar-refractivity contribution in [2.45, 2.75) is 26.8 Å². The Kier molecular flexibility index (Phi) is 8.46. The minimum Gasteiger partial charge on any atom is -0.396 e. The fourth-order valence-corrected chi connectivity index (χ4v) is 6.13. The standard InChI is InChI=1S/C31H28ClF4N7O2/c1-5-19(44)41-8-10-42(11-9-41)29-16-12-18(32)27(20-21(33)22(34)23(35)24(36)25(20)38)40-30(16)43(31(45)17(29)13-37)28-15(4)6-7-39-26(28)14(2)3/h5-7,12,14-15,28H,1,8-11,38H2,2-4H3. The molecule has 4 heterocycles. The lowest BCUT2D eigenvalue weighted by atomic mass is 9.88. The average Bonchev–Trinajstić information content (AvgIpc) is 3.02. The van der Waals surface area contributed by atoms with Gasteiger partial charge in [-0.25, -0.2) is 22.5 Å². The van der Waals surface area contributed by atoms with Gasteiger partial charge in [-0.2, -0.15) is 5.26 Å². The number of aliphatic imine (C=N–C) groups is 1. The molecule has 2 N–H and O–H groups in total. The molecule has 14 heteroatoms. The molecule has 2 aromatic heterocycles. The SMILES string of the molecule is C=CC(=O)N1CCN(c2c(C#N)c(=O)n(C3C(C(C)C)=NC=CC3C)c3nc(-c4c(N)c(F)c(F)c(F)c4F)c(Cl)cc23)CC1. The number of halogens is 5. The number of rotatable bonds is 5. The van der Waals surface area contributed by atoms with Crippen LogP contribution in [0, 0.1) is 46.4 Å². The zero-order valence-electron chi connectivity index (χ0n) is 24.5. The second-order valence-electron chi connectivity index (χ2n) is 11.1. The summed E-state index contributed by atoms with van der Waals surface area (Å²) in [5.74, 6) is -8.63. The van der Waals surface area contributed by atoms with E-state index < -0.39 is 51.8 Å². The maximum Gasteiger partial charge on any atom is 0.272 e. The first-order valence-corrected chi connectivity index (χ1v) is 14.4. The van der Waals surface area contributed by atoms with Crippen molar-refractivity contribution >= 4 is 45.6 Å². The molecule has 5 rings (SSSR count). The van der Waals surface area contributed by atoms with E-state index in [0.717, 1.165) is 0 Å². The van der Waals surface area contributed by atoms with E-state index in [4.69, 9.17) is 17.3 Å². The van der Waals surface area contributed by atoms with E-state index in [1.807, 2.05) is 26.8 Å². The number of carbonyl (C=O) groups is 1. The highest BCUT2D eigenvalue weighted by molar-refractivity contribution is 6.34. The Labute approximate surface area is 260 Å². The van der Waals surface area contributed by atoms with E-state index in [0.29, 0.717) is 5.71 Å². The molecule has 0 radical (unpaired) electrons. The third-order valence-electron chi connectivity index (χ3n) is 8.13. The van der Waals surface area contributed by atoms with Gasteiger partial charge >= 0.3 is 0 Å². The summed E-state index contributed by atoms with van der Waals surface area (Å²) < 4.78 is 59.5. The van der Waals surface area contributed by atoms with Crippen LogP contribution in [-0.4, -0.2) is 52.2 Å². The molecule has 2 aliphatic heterocycles. The maximum absolute atomic E-state index is 15.2. The quantitative estimate of drug-likeness (QED) is 0.132. The number of piperazine rings is 1. The Morgan fingerprint density at radius 3 is 2.40 bits per heavy atom. The van der Waals surface area contributed by atoms with Crippen molar-refractivity contribution in [3.8, 4) is 17.3 Å². The molecule has 0 saturated carbocycles. The smallest absolute Gasteiger partial charge is 0.272 e. The lowest BCUT2D eigenvalue weighted by Crippen LogP contribution is -2.49. The summed E-state index contributed by atoms with van der Waals surface area (Å²) in [7, 11) is 0. The summed E-state index contributed by atoms with van der Waals surface area (Å²) in [4.78, 5) is 38.8. The number of aromatic nitrogens is 2. The molecule has 0 spiro atoms. The summed E-state index contributed by atoms with van der Waals surface area (Å²) in [6.45, 7) is 10.1. The molecule has 2 unspecified atom stereocenters. The van der Waals surface area contributed by atoms with Gasteiger partial charge in [0.1, 0.15) is 17.3 Å². The fourth-order valence-electron chi connectivity index (χ4n) is 5.89. The minimum absolute atomic E-state index is 0.0950. The van der Waals surface area contributed by atoms with E-state index in [9.17, 15) is 28.0 Å². The van der Waals surface area contributed by atoms with Gasteiger partial charge in [0.15, 0.2) is 23.3 Å². The van der Waals surface area contributed by atoms with Crippen molar-refractivity contribution in [1.29, 1.82) is 5.26 Å². The van der Waals surface area contributed by atoms with E-state index in [2.05, 4.69) is 16.6 Å². The molecule has 1 aromatic carbocycles. The minimum atomic E-state index is -2.11. The molecule has 234 valence electrons. The molecule has 0 aliphatic carbocycles. The molecular weight excluding hydrogens is 614 g/mol. The van der Waals surface area contributed by atoms with Crippen LogP contribution in [0.4, 0.5) is 28.9 Å². The summed E-state index contributed by atoms with van der Waals surface area (Å²) in [5.41, 5.74) is 2.90. The normalized spacial score (nSPS) is 18.4. The van der Waals surface area contributed by atoms with Gasteiger partial charge in [-0.15, -0.1) is 0 Å². The molecule has 1 amide bonds. The highest BCUT2D eigenvalue weighted by Crippen LogP contribution is 2.41. The predicted molar refractivity (Wildman–Crippen MR) is 164 cm³/mol. The van der Waals surface area contributed by atoms with Crippen LogP contribution in [-0.2, 0) is 4.79 Å². The first-order valence-electron chi connectivity index (χ1n) is 14.0. The summed E-state index contributed by atoms with van der Waals surface area (Å²) >= 11 is 6.59. The third kappa shape index (κ3) is 5.12. The van der Waals surface area contributed by atoms with E-state index in [1.165, 1.54) is 16.7 Å². The predicted octanol–water partition coefficient (Wildman–Crippen LogP) is 5.36. The number of benzene rings is 1. The van der Waals surface area contributed by atoms with E-state index in [-0.39, 0.29) is 71.2 Å². The summed E-state index contributed by atoms with van der Waals surface area (Å²) in [6, 6.07) is 2.56. The van der Waals surface area contributed by atoms with Crippen molar-refractivity contribution in [3.63, 3.8) is 0 Å². The monoisotopic (exact) mass is 641 g/mol. The highest BCUT2D eigenvalue weighted by atomic mass is 35.5. The van der Waals surface area contributed by atoms with Gasteiger partial charge in [0.25, 0.3) is 5.56 Å². The number of amides is 1. The Bertz CT molecular complexity index is 1900. The average molecular weight is 642 g/mol. The molecular formula is C31H28ClF4N7O2. The lowest BCUT2D eigenvalue weighted by molar-refractivity contribution is -0.126. The number of nitrogens with zero attached hydrogens (tertiary/aromatic N) is 6. The van der Waals surface area contributed by atoms with Crippen LogP contribution < -0.4 is 16.2 Å². The van der Waals surface area contributed by atoms with Gasteiger partial charge in [-0.05, 0) is 18.1 Å². The number of anilines is 2. The van der Waals surface area contributed by atoms with Crippen molar-refractivity contribution in [2.24, 2.45) is 16.8 Å². The Morgan fingerprint density at radius 2 is 1.80 bits per heavy atom. The summed E-state index contributed by atoms with van der Waals surface area (Å²) in [6.07, 6.45) is 4.57. The van der Waals surface area contributed by atoms with E-state index >= 15 is 4.39 Å². The van der Waals surface area contributed by atoms with Gasteiger partial charge in [-0.1, -0.05) is 45.0 Å². The van der Waals surface area contributed by atoms with Gasteiger partial charge in [0, 0.05) is 49.4 Å². The van der Waals surface area contributed by atoms with Crippen LogP contribution in [0.5, 0.6) is 0 Å². The number of hydrogen-bond acceptors (Lipinski definition) is 7. The Morgan fingerprint density at radius 1 is 1.16 bits per heavy atom. The van der Waals surface area contributed by atoms with Crippen LogP contribution in [0.2, 0.25) is 5.02 Å². The van der Waals surface area contributed by atoms with Crippen LogP contribution in [0.3, 0.4) is 0 Å². The fraction of sp³-hybridized carbons (Fsp3) is 0.323. The van der Waals surface area contributed by atoms with E-state index in [1.54, 1.807) is 22.1 Å². The van der Waals surface area contributed by atoms with Crippen LogP contribution in [0.25, 0.3) is 22.3 Å². The molecule has 2 aliphatic rings. The molecule has 9 nitrogen and oxygen atoms in total. The number of nitriles is 1. The van der Waals surface area contributed by atoms with Crippen LogP contribution in [0.15, 0.2) is 40.8 Å². The molecule has 2 atom stereocenters. The summed E-state index contributed by atoms with van der Waals surface area (Å²) in [5, 5.41) is 10.2. The lowest BCUT2D eigenvalue weighted by Gasteiger charge is -2.37. The second kappa shape index (κ2) is 12.0.